The first-order chi connectivity index (χ1) is 11.2. The minimum atomic E-state index is -0.761. The molecule has 3 aromatic rings. The van der Waals surface area contributed by atoms with Gasteiger partial charge in [-0.05, 0) is 22.8 Å². The summed E-state index contributed by atoms with van der Waals surface area (Å²) in [6.07, 6.45) is 2.44. The van der Waals surface area contributed by atoms with Gasteiger partial charge in [-0.15, -0.1) is 0 Å². The van der Waals surface area contributed by atoms with Crippen molar-refractivity contribution in [2.24, 2.45) is 0 Å². The number of fused-ring (bicyclic) bond motifs is 2. The molecule has 2 N–H and O–H groups in total. The van der Waals surface area contributed by atoms with E-state index < -0.39 is 12.0 Å². The summed E-state index contributed by atoms with van der Waals surface area (Å²) in [6, 6.07) is 15.7. The molecule has 23 heavy (non-hydrogen) atoms. The van der Waals surface area contributed by atoms with E-state index in [9.17, 15) is 9.90 Å². The van der Waals surface area contributed by atoms with Gasteiger partial charge in [-0.3, -0.25) is 9.69 Å². The third-order valence-corrected chi connectivity index (χ3v) is 4.68. The van der Waals surface area contributed by atoms with Crippen molar-refractivity contribution in [2.75, 3.05) is 0 Å². The number of aromatic amines is 1. The van der Waals surface area contributed by atoms with Gasteiger partial charge >= 0.3 is 5.97 Å². The Balaban J connectivity index is 1.61. The van der Waals surface area contributed by atoms with Gasteiger partial charge in [0.05, 0.1) is 0 Å². The van der Waals surface area contributed by atoms with E-state index in [-0.39, 0.29) is 0 Å². The lowest BCUT2D eigenvalue weighted by molar-refractivity contribution is -0.143. The predicted molar refractivity (Wildman–Crippen MR) is 89.1 cm³/mol. The van der Waals surface area contributed by atoms with E-state index in [1.807, 2.05) is 42.6 Å². The van der Waals surface area contributed by atoms with Crippen molar-refractivity contribution < 1.29 is 9.90 Å². The van der Waals surface area contributed by atoms with Crippen LogP contribution in [0.2, 0.25) is 0 Å². The van der Waals surface area contributed by atoms with Gasteiger partial charge in [-0.1, -0.05) is 42.5 Å². The highest BCUT2D eigenvalue weighted by Gasteiger charge is 2.31. The summed E-state index contributed by atoms with van der Waals surface area (Å²) >= 11 is 0. The monoisotopic (exact) mass is 306 g/mol. The van der Waals surface area contributed by atoms with Gasteiger partial charge in [0, 0.05) is 36.6 Å². The molecular weight excluding hydrogens is 288 g/mol. The fourth-order valence-electron chi connectivity index (χ4n) is 3.46. The van der Waals surface area contributed by atoms with Crippen molar-refractivity contribution in [3.63, 3.8) is 0 Å². The molecule has 4 heteroatoms. The largest absolute Gasteiger partial charge is 0.480 e. The molecule has 0 bridgehead atoms. The first-order valence-electron chi connectivity index (χ1n) is 7.81. The van der Waals surface area contributed by atoms with Gasteiger partial charge in [-0.2, -0.15) is 0 Å². The molecule has 0 fully saturated rings. The SMILES string of the molecule is O=C(O)[C@H](Cc1c[nH]c2ccccc12)N1Cc2ccccc2C1. The summed E-state index contributed by atoms with van der Waals surface area (Å²) in [5.41, 5.74) is 4.58. The zero-order chi connectivity index (χ0) is 15.8. The van der Waals surface area contributed by atoms with Crippen LogP contribution in [0.15, 0.2) is 54.7 Å². The Labute approximate surface area is 134 Å². The van der Waals surface area contributed by atoms with Crippen LogP contribution in [0.5, 0.6) is 0 Å². The highest BCUT2D eigenvalue weighted by molar-refractivity contribution is 5.84. The standard InChI is InChI=1S/C19H18N2O2/c22-19(23)18(21-11-13-5-1-2-6-14(13)12-21)9-15-10-20-17-8-4-3-7-16(15)17/h1-8,10,18,20H,9,11-12H2,(H,22,23)/t18-/m0/s1. The molecule has 0 aliphatic carbocycles. The molecule has 1 aliphatic rings. The molecule has 2 heterocycles. The number of rotatable bonds is 4. The van der Waals surface area contributed by atoms with Gasteiger partial charge in [0.15, 0.2) is 0 Å². The fraction of sp³-hybridized carbons (Fsp3) is 0.211. The first-order valence-corrected chi connectivity index (χ1v) is 7.81. The minimum Gasteiger partial charge on any atom is -0.480 e. The van der Waals surface area contributed by atoms with Crippen LogP contribution in [0, 0.1) is 0 Å². The molecule has 1 aromatic heterocycles. The van der Waals surface area contributed by atoms with E-state index in [0.29, 0.717) is 19.5 Å². The quantitative estimate of drug-likeness (QED) is 0.778. The average molecular weight is 306 g/mol. The van der Waals surface area contributed by atoms with Gasteiger partial charge < -0.3 is 10.1 Å². The van der Waals surface area contributed by atoms with E-state index in [2.05, 4.69) is 22.0 Å². The van der Waals surface area contributed by atoms with Crippen LogP contribution < -0.4 is 0 Å². The average Bonchev–Trinajstić information content (AvgIpc) is 3.16. The molecule has 1 aliphatic heterocycles. The second kappa shape index (κ2) is 5.56. The van der Waals surface area contributed by atoms with Crippen molar-refractivity contribution in [2.45, 2.75) is 25.6 Å². The number of carbonyl (C=O) groups is 1. The molecule has 1 atom stereocenters. The maximum absolute atomic E-state index is 11.8. The zero-order valence-corrected chi connectivity index (χ0v) is 12.7. The molecule has 0 spiro atoms. The molecule has 2 aromatic carbocycles. The normalized spacial score (nSPS) is 15.7. The van der Waals surface area contributed by atoms with Crippen LogP contribution in [0.1, 0.15) is 16.7 Å². The Morgan fingerprint density at radius 1 is 1.09 bits per heavy atom. The number of carboxylic acid groups (broad SMARTS) is 1. The molecule has 116 valence electrons. The van der Waals surface area contributed by atoms with Crippen molar-refractivity contribution in [1.82, 2.24) is 9.88 Å². The van der Waals surface area contributed by atoms with E-state index in [1.165, 1.54) is 11.1 Å². The van der Waals surface area contributed by atoms with E-state index in [1.54, 1.807) is 0 Å². The maximum Gasteiger partial charge on any atom is 0.321 e. The number of aliphatic carboxylic acids is 1. The summed E-state index contributed by atoms with van der Waals surface area (Å²) in [4.78, 5) is 17.1. The first kappa shape index (κ1) is 14.0. The molecule has 0 radical (unpaired) electrons. The number of aromatic nitrogens is 1. The smallest absolute Gasteiger partial charge is 0.321 e. The third kappa shape index (κ3) is 2.51. The van der Waals surface area contributed by atoms with Crippen molar-refractivity contribution in [3.8, 4) is 0 Å². The summed E-state index contributed by atoms with van der Waals surface area (Å²) in [6.45, 7) is 1.41. The maximum atomic E-state index is 11.8. The molecule has 0 saturated carbocycles. The third-order valence-electron chi connectivity index (χ3n) is 4.68. The van der Waals surface area contributed by atoms with Gasteiger partial charge in [0.2, 0.25) is 0 Å². The van der Waals surface area contributed by atoms with Crippen LogP contribution in [0.4, 0.5) is 0 Å². The lowest BCUT2D eigenvalue weighted by Crippen LogP contribution is -2.39. The van der Waals surface area contributed by atoms with Crippen LogP contribution in [-0.4, -0.2) is 27.0 Å². The lowest BCUT2D eigenvalue weighted by Gasteiger charge is -2.23. The van der Waals surface area contributed by atoms with Crippen molar-refractivity contribution in [3.05, 3.63) is 71.4 Å². The van der Waals surface area contributed by atoms with Gasteiger partial charge in [0.25, 0.3) is 0 Å². The van der Waals surface area contributed by atoms with Crippen LogP contribution in [-0.2, 0) is 24.3 Å². The van der Waals surface area contributed by atoms with Crippen LogP contribution >= 0.6 is 0 Å². The summed E-state index contributed by atoms with van der Waals surface area (Å²) in [5.74, 6) is -0.761. The Morgan fingerprint density at radius 2 is 1.74 bits per heavy atom. The number of hydrogen-bond donors (Lipinski definition) is 2. The number of benzene rings is 2. The number of nitrogens with zero attached hydrogens (tertiary/aromatic N) is 1. The number of carboxylic acids is 1. The molecular formula is C19H18N2O2. The van der Waals surface area contributed by atoms with Crippen LogP contribution in [0.25, 0.3) is 10.9 Å². The Kier molecular flexibility index (Phi) is 3.39. The van der Waals surface area contributed by atoms with Crippen LogP contribution in [0.3, 0.4) is 0 Å². The van der Waals surface area contributed by atoms with Gasteiger partial charge in [0.1, 0.15) is 6.04 Å². The predicted octanol–water partition coefficient (Wildman–Crippen LogP) is 3.18. The highest BCUT2D eigenvalue weighted by atomic mass is 16.4. The second-order valence-electron chi connectivity index (χ2n) is 6.09. The summed E-state index contributed by atoms with van der Waals surface area (Å²) in [7, 11) is 0. The summed E-state index contributed by atoms with van der Waals surface area (Å²) < 4.78 is 0. The van der Waals surface area contributed by atoms with E-state index in [0.717, 1.165) is 16.5 Å². The number of para-hydroxylation sites is 1. The molecule has 0 unspecified atom stereocenters. The zero-order valence-electron chi connectivity index (χ0n) is 12.7. The molecule has 0 amide bonds. The number of hydrogen-bond acceptors (Lipinski definition) is 2. The van der Waals surface area contributed by atoms with E-state index in [4.69, 9.17) is 0 Å². The lowest BCUT2D eigenvalue weighted by atomic mass is 10.0. The topological polar surface area (TPSA) is 56.3 Å². The Morgan fingerprint density at radius 3 is 2.43 bits per heavy atom. The van der Waals surface area contributed by atoms with Crippen molar-refractivity contribution >= 4 is 16.9 Å². The molecule has 0 saturated heterocycles. The number of nitrogens with one attached hydrogen (secondary N) is 1. The van der Waals surface area contributed by atoms with E-state index >= 15 is 0 Å². The summed E-state index contributed by atoms with van der Waals surface area (Å²) in [5, 5.41) is 10.8. The van der Waals surface area contributed by atoms with Crippen molar-refractivity contribution in [1.29, 1.82) is 0 Å². The van der Waals surface area contributed by atoms with Gasteiger partial charge in [-0.25, -0.2) is 0 Å². The second-order valence-corrected chi connectivity index (χ2v) is 6.09. The minimum absolute atomic E-state index is 0.507. The highest BCUT2D eigenvalue weighted by Crippen LogP contribution is 2.27. The number of H-pyrrole nitrogens is 1. The Hall–Kier alpha value is -2.59. The molecule has 4 rings (SSSR count). The Bertz CT molecular complexity index is 843. The fourth-order valence-corrected chi connectivity index (χ4v) is 3.46. The molecule has 4 nitrogen and oxygen atoms in total.